The molecule has 1 heterocycles. The van der Waals surface area contributed by atoms with Gasteiger partial charge in [-0.25, -0.2) is 4.39 Å². The first-order chi connectivity index (χ1) is 9.60. The summed E-state index contributed by atoms with van der Waals surface area (Å²) in [4.78, 5) is 4.40. The first kappa shape index (κ1) is 13.3. The zero-order valence-corrected chi connectivity index (χ0v) is 11.7. The summed E-state index contributed by atoms with van der Waals surface area (Å²) in [6, 6.07) is 7.28. The van der Waals surface area contributed by atoms with E-state index >= 15 is 0 Å². The van der Waals surface area contributed by atoms with Gasteiger partial charge in [-0.1, -0.05) is 17.7 Å². The van der Waals surface area contributed by atoms with Crippen molar-refractivity contribution in [3.05, 3.63) is 46.9 Å². The predicted molar refractivity (Wildman–Crippen MR) is 76.5 cm³/mol. The fourth-order valence-corrected chi connectivity index (χ4v) is 2.46. The monoisotopic (exact) mass is 292 g/mol. The van der Waals surface area contributed by atoms with Crippen molar-refractivity contribution in [1.29, 1.82) is 0 Å². The molecule has 1 fully saturated rings. The molecular formula is C15H14ClFN2O. The summed E-state index contributed by atoms with van der Waals surface area (Å²) in [6.45, 7) is 0. The second-order valence-corrected chi connectivity index (χ2v) is 5.36. The summed E-state index contributed by atoms with van der Waals surface area (Å²) < 4.78 is 18.6. The third-order valence-corrected chi connectivity index (χ3v) is 3.84. The Labute approximate surface area is 121 Å². The van der Waals surface area contributed by atoms with E-state index in [1.807, 2.05) is 18.3 Å². The molecule has 1 aromatic heterocycles. The van der Waals surface area contributed by atoms with E-state index in [4.69, 9.17) is 22.1 Å². The van der Waals surface area contributed by atoms with Crippen LogP contribution in [-0.4, -0.2) is 18.1 Å². The first-order valence-electron chi connectivity index (χ1n) is 6.35. The average Bonchev–Trinajstić information content (AvgIpc) is 3.19. The van der Waals surface area contributed by atoms with Gasteiger partial charge in [0.2, 0.25) is 0 Å². The maximum Gasteiger partial charge on any atom is 0.183 e. The minimum atomic E-state index is -0.557. The zero-order chi connectivity index (χ0) is 14.3. The van der Waals surface area contributed by atoms with Crippen LogP contribution in [0.3, 0.4) is 0 Å². The van der Waals surface area contributed by atoms with E-state index in [-0.39, 0.29) is 16.8 Å². The van der Waals surface area contributed by atoms with Crippen LogP contribution >= 0.6 is 11.6 Å². The second kappa shape index (κ2) is 5.04. The van der Waals surface area contributed by atoms with E-state index in [9.17, 15) is 4.39 Å². The Balaban J connectivity index is 1.94. The predicted octanol–water partition coefficient (Wildman–Crippen LogP) is 3.36. The van der Waals surface area contributed by atoms with Crippen molar-refractivity contribution in [1.82, 2.24) is 4.98 Å². The van der Waals surface area contributed by atoms with Gasteiger partial charge in [-0.2, -0.15) is 0 Å². The number of benzene rings is 1. The number of ether oxygens (including phenoxy) is 1. The number of methoxy groups -OCH3 is 1. The van der Waals surface area contributed by atoms with Crippen molar-refractivity contribution in [3.63, 3.8) is 0 Å². The molecule has 5 heteroatoms. The lowest BCUT2D eigenvalue weighted by molar-refractivity contribution is 0.387. The van der Waals surface area contributed by atoms with E-state index in [0.717, 1.165) is 23.2 Å². The Morgan fingerprint density at radius 1 is 1.40 bits per heavy atom. The fraction of sp³-hybridized carbons (Fsp3) is 0.267. The summed E-state index contributed by atoms with van der Waals surface area (Å²) in [5, 5.41) is 0.0226. The number of nitrogens with two attached hydrogens (primary N) is 1. The fourth-order valence-electron chi connectivity index (χ4n) is 2.25. The number of hydrogen-bond donors (Lipinski definition) is 1. The third kappa shape index (κ3) is 2.37. The van der Waals surface area contributed by atoms with Crippen LogP contribution in [0.1, 0.15) is 17.9 Å². The average molecular weight is 293 g/mol. The topological polar surface area (TPSA) is 48.1 Å². The van der Waals surface area contributed by atoms with Crippen LogP contribution in [0, 0.1) is 5.82 Å². The number of rotatable bonds is 3. The standard InChI is InChI=1S/C15H14ClFN2O/c1-20-14-5-9(4-11(16)15(14)17)13-3-2-8(7-19-13)10-6-12(10)18/h2-5,7,10,12H,6,18H2,1H3/t10-,12+/m0/s1. The van der Waals surface area contributed by atoms with E-state index in [1.165, 1.54) is 7.11 Å². The molecule has 1 aromatic carbocycles. The summed E-state index contributed by atoms with van der Waals surface area (Å²) in [5.41, 5.74) is 8.41. The smallest absolute Gasteiger partial charge is 0.183 e. The van der Waals surface area contributed by atoms with Gasteiger partial charge >= 0.3 is 0 Å². The van der Waals surface area contributed by atoms with Gasteiger partial charge in [-0.3, -0.25) is 4.98 Å². The molecule has 0 spiro atoms. The van der Waals surface area contributed by atoms with Gasteiger partial charge in [0.05, 0.1) is 17.8 Å². The van der Waals surface area contributed by atoms with Crippen LogP contribution < -0.4 is 10.5 Å². The summed E-state index contributed by atoms with van der Waals surface area (Å²) in [5.74, 6) is -0.0241. The zero-order valence-electron chi connectivity index (χ0n) is 10.9. The summed E-state index contributed by atoms with van der Waals surface area (Å²) in [6.07, 6.45) is 2.83. The van der Waals surface area contributed by atoms with E-state index in [0.29, 0.717) is 5.92 Å². The van der Waals surface area contributed by atoms with Crippen LogP contribution in [0.25, 0.3) is 11.3 Å². The number of nitrogens with zero attached hydrogens (tertiary/aromatic N) is 1. The van der Waals surface area contributed by atoms with E-state index in [2.05, 4.69) is 4.98 Å². The molecule has 0 bridgehead atoms. The van der Waals surface area contributed by atoms with Crippen LogP contribution in [0.15, 0.2) is 30.5 Å². The first-order valence-corrected chi connectivity index (χ1v) is 6.73. The van der Waals surface area contributed by atoms with Crippen molar-refractivity contribution in [2.45, 2.75) is 18.4 Å². The minimum Gasteiger partial charge on any atom is -0.494 e. The van der Waals surface area contributed by atoms with Gasteiger partial charge in [-0.05, 0) is 30.2 Å². The number of aromatic nitrogens is 1. The molecule has 20 heavy (non-hydrogen) atoms. The van der Waals surface area contributed by atoms with Crippen molar-refractivity contribution in [3.8, 4) is 17.0 Å². The Morgan fingerprint density at radius 2 is 2.15 bits per heavy atom. The molecule has 104 valence electrons. The quantitative estimate of drug-likeness (QED) is 0.943. The van der Waals surface area contributed by atoms with Gasteiger partial charge < -0.3 is 10.5 Å². The molecule has 2 aromatic rings. The van der Waals surface area contributed by atoms with Gasteiger partial charge in [0.25, 0.3) is 0 Å². The number of hydrogen-bond acceptors (Lipinski definition) is 3. The maximum absolute atomic E-state index is 13.6. The van der Waals surface area contributed by atoms with Crippen LogP contribution in [0.4, 0.5) is 4.39 Å². The van der Waals surface area contributed by atoms with Crippen LogP contribution in [0.5, 0.6) is 5.75 Å². The third-order valence-electron chi connectivity index (χ3n) is 3.56. The Hall–Kier alpha value is -1.65. The van der Waals surface area contributed by atoms with Gasteiger partial charge in [0.1, 0.15) is 0 Å². The molecule has 0 saturated heterocycles. The number of halogens is 2. The lowest BCUT2D eigenvalue weighted by Gasteiger charge is -2.08. The van der Waals surface area contributed by atoms with Crippen LogP contribution in [0.2, 0.25) is 5.02 Å². The molecule has 3 nitrogen and oxygen atoms in total. The highest BCUT2D eigenvalue weighted by Gasteiger charge is 2.34. The van der Waals surface area contributed by atoms with Gasteiger partial charge in [-0.15, -0.1) is 0 Å². The summed E-state index contributed by atoms with van der Waals surface area (Å²) >= 11 is 5.86. The normalized spacial score (nSPS) is 20.8. The van der Waals surface area contributed by atoms with Crippen molar-refractivity contribution < 1.29 is 9.13 Å². The molecule has 3 rings (SSSR count). The lowest BCUT2D eigenvalue weighted by atomic mass is 10.1. The van der Waals surface area contributed by atoms with Crippen LogP contribution in [-0.2, 0) is 0 Å². The van der Waals surface area contributed by atoms with Gasteiger partial charge in [0, 0.05) is 23.7 Å². The molecule has 2 N–H and O–H groups in total. The summed E-state index contributed by atoms with van der Waals surface area (Å²) in [7, 11) is 1.41. The Kier molecular flexibility index (Phi) is 3.36. The molecule has 1 saturated carbocycles. The Morgan fingerprint density at radius 3 is 2.70 bits per heavy atom. The lowest BCUT2D eigenvalue weighted by Crippen LogP contribution is -2.01. The molecule has 1 aliphatic rings. The molecule has 0 aliphatic heterocycles. The van der Waals surface area contributed by atoms with Crippen molar-refractivity contribution in [2.24, 2.45) is 5.73 Å². The largest absolute Gasteiger partial charge is 0.494 e. The van der Waals surface area contributed by atoms with Gasteiger partial charge in [0.15, 0.2) is 11.6 Å². The molecule has 2 atom stereocenters. The highest BCUT2D eigenvalue weighted by molar-refractivity contribution is 6.31. The van der Waals surface area contributed by atoms with E-state index < -0.39 is 5.82 Å². The molecule has 0 unspecified atom stereocenters. The second-order valence-electron chi connectivity index (χ2n) is 4.96. The molecule has 0 amide bonds. The number of pyridine rings is 1. The molecule has 0 radical (unpaired) electrons. The SMILES string of the molecule is COc1cc(-c2ccc([C@@H]3C[C@H]3N)cn2)cc(Cl)c1F. The van der Waals surface area contributed by atoms with Crippen molar-refractivity contribution >= 4 is 11.6 Å². The maximum atomic E-state index is 13.6. The Bertz CT molecular complexity index is 645. The van der Waals surface area contributed by atoms with E-state index in [1.54, 1.807) is 12.1 Å². The highest BCUT2D eigenvalue weighted by atomic mass is 35.5. The molecule has 1 aliphatic carbocycles. The molecular weight excluding hydrogens is 279 g/mol. The minimum absolute atomic E-state index is 0.0226. The highest BCUT2D eigenvalue weighted by Crippen LogP contribution is 2.39. The van der Waals surface area contributed by atoms with Crippen molar-refractivity contribution in [2.75, 3.05) is 7.11 Å².